The summed E-state index contributed by atoms with van der Waals surface area (Å²) in [6, 6.07) is 2.04. The highest BCUT2D eigenvalue weighted by Crippen LogP contribution is 2.32. The highest BCUT2D eigenvalue weighted by atomic mass is 32.1. The minimum absolute atomic E-state index is 0.0643. The van der Waals surface area contributed by atoms with E-state index in [9.17, 15) is 14.7 Å². The Bertz CT molecular complexity index is 1110. The van der Waals surface area contributed by atoms with E-state index in [0.29, 0.717) is 69.4 Å². The van der Waals surface area contributed by atoms with Crippen LogP contribution in [0.15, 0.2) is 41.2 Å². The van der Waals surface area contributed by atoms with Gasteiger partial charge in [-0.05, 0) is 31.1 Å². The van der Waals surface area contributed by atoms with Crippen LogP contribution in [0.3, 0.4) is 0 Å². The summed E-state index contributed by atoms with van der Waals surface area (Å²) in [4.78, 5) is 44.2. The Balaban J connectivity index is 1.52. The lowest BCUT2D eigenvalue weighted by molar-refractivity contribution is -0.160. The molecule has 0 bridgehead atoms. The zero-order chi connectivity index (χ0) is 25.9. The van der Waals surface area contributed by atoms with Crippen molar-refractivity contribution < 1.29 is 19.5 Å². The van der Waals surface area contributed by atoms with Crippen LogP contribution >= 0.6 is 11.3 Å². The summed E-state index contributed by atoms with van der Waals surface area (Å²) >= 11 is 1.49. The van der Waals surface area contributed by atoms with Gasteiger partial charge in [0, 0.05) is 37.5 Å². The number of rotatable bonds is 13. The number of carbonyl (C=O) groups is 2. The predicted octanol–water partition coefficient (Wildman–Crippen LogP) is 3.74. The minimum Gasteiger partial charge on any atom is -0.475 e. The molecule has 1 aliphatic heterocycles. The van der Waals surface area contributed by atoms with E-state index in [1.54, 1.807) is 6.08 Å². The zero-order valence-electron chi connectivity index (χ0n) is 20.8. The van der Waals surface area contributed by atoms with Crippen molar-refractivity contribution in [3.63, 3.8) is 0 Å². The molecule has 1 N–H and O–H groups in total. The van der Waals surface area contributed by atoms with Gasteiger partial charge in [-0.25, -0.2) is 14.8 Å². The number of aromatic nitrogens is 2. The highest BCUT2D eigenvalue weighted by Gasteiger charge is 2.25. The molecule has 0 aliphatic carbocycles. The van der Waals surface area contributed by atoms with E-state index < -0.39 is 5.97 Å². The zero-order valence-corrected chi connectivity index (χ0v) is 21.6. The van der Waals surface area contributed by atoms with E-state index in [1.165, 1.54) is 16.5 Å². The van der Waals surface area contributed by atoms with E-state index in [2.05, 4.69) is 33.8 Å². The number of hydrogen-bond acceptors (Lipinski definition) is 9. The monoisotopic (exact) mass is 515 g/mol. The van der Waals surface area contributed by atoms with Crippen LogP contribution in [0.25, 0.3) is 10.2 Å². The lowest BCUT2D eigenvalue weighted by Gasteiger charge is -2.35. The summed E-state index contributed by atoms with van der Waals surface area (Å²) in [5, 5.41) is 19.7. The van der Waals surface area contributed by atoms with Crippen molar-refractivity contribution in [2.45, 2.75) is 33.1 Å². The molecule has 2 aromatic rings. The van der Waals surface area contributed by atoms with E-state index in [0.717, 1.165) is 16.7 Å². The van der Waals surface area contributed by atoms with Gasteiger partial charge in [-0.2, -0.15) is 10.3 Å². The van der Waals surface area contributed by atoms with E-state index in [1.807, 2.05) is 34.9 Å². The summed E-state index contributed by atoms with van der Waals surface area (Å²) in [6.07, 6.45) is 7.23. The largest absolute Gasteiger partial charge is 0.475 e. The van der Waals surface area contributed by atoms with Crippen LogP contribution < -0.4 is 4.90 Å². The lowest BCUT2D eigenvalue weighted by Crippen LogP contribution is -2.49. The maximum atomic E-state index is 12.7. The third-order valence-electron chi connectivity index (χ3n) is 5.54. The number of carboxylic acid groups (broad SMARTS) is 1. The van der Waals surface area contributed by atoms with Gasteiger partial charge in [0.25, 0.3) is 0 Å². The molecule has 1 aliphatic rings. The molecule has 2 aromatic heterocycles. The molecule has 1 fully saturated rings. The molecule has 1 saturated heterocycles. The molecule has 0 saturated carbocycles. The second-order valence-corrected chi connectivity index (χ2v) is 9.19. The summed E-state index contributed by atoms with van der Waals surface area (Å²) in [6.45, 7) is 11.0. The number of carboxylic acids is 1. The molecule has 11 nitrogen and oxygen atoms in total. The Morgan fingerprint density at radius 2 is 2.08 bits per heavy atom. The fraction of sp³-hybridized carbons (Fsp3) is 0.500. The number of amides is 1. The topological polar surface area (TPSA) is 124 Å². The second kappa shape index (κ2) is 13.6. The van der Waals surface area contributed by atoms with Crippen LogP contribution in [-0.2, 0) is 16.1 Å². The molecule has 0 unspecified atom stereocenters. The van der Waals surface area contributed by atoms with Gasteiger partial charge in [0.2, 0.25) is 11.7 Å². The van der Waals surface area contributed by atoms with Gasteiger partial charge in [-0.3, -0.25) is 9.63 Å². The first-order chi connectivity index (χ1) is 17.5. The van der Waals surface area contributed by atoms with E-state index >= 15 is 0 Å². The summed E-state index contributed by atoms with van der Waals surface area (Å²) in [5.74, 6) is -0.657. The van der Waals surface area contributed by atoms with Crippen molar-refractivity contribution in [1.29, 1.82) is 0 Å². The standard InChI is InChI=1S/C24H33N7O4S/c1-4-7-11-31(28-25-10-5-2)35-16-8-9-20(32)29-12-14-30(15-13-29)22-19-17-18(6-3)36-23(19)27-21(26-22)24(33)34/h4-5,7,17H,2,6,8-16H2,1,3H3,(H,33,34)/b7-4-,28-25?. The average Bonchev–Trinajstić information content (AvgIpc) is 3.32. The molecular weight excluding hydrogens is 482 g/mol. The molecule has 1 amide bonds. The number of thiophene rings is 1. The maximum Gasteiger partial charge on any atom is 0.374 e. The molecule has 0 atom stereocenters. The van der Waals surface area contributed by atoms with Gasteiger partial charge >= 0.3 is 5.97 Å². The van der Waals surface area contributed by atoms with Crippen LogP contribution in [0.4, 0.5) is 5.82 Å². The number of aryl methyl sites for hydroxylation is 1. The van der Waals surface area contributed by atoms with Crippen LogP contribution in [0.1, 0.15) is 42.2 Å². The molecule has 0 spiro atoms. The van der Waals surface area contributed by atoms with Gasteiger partial charge < -0.3 is 14.9 Å². The lowest BCUT2D eigenvalue weighted by atomic mass is 10.2. The molecule has 12 heteroatoms. The summed E-state index contributed by atoms with van der Waals surface area (Å²) < 4.78 is 0. The number of piperazine rings is 1. The Morgan fingerprint density at radius 3 is 2.75 bits per heavy atom. The van der Waals surface area contributed by atoms with Crippen molar-refractivity contribution in [2.24, 2.45) is 10.3 Å². The first-order valence-corrected chi connectivity index (χ1v) is 12.8. The Hall–Kier alpha value is -3.38. The van der Waals surface area contributed by atoms with Crippen molar-refractivity contribution in [3.05, 3.63) is 41.6 Å². The van der Waals surface area contributed by atoms with Crippen molar-refractivity contribution in [1.82, 2.24) is 20.0 Å². The fourth-order valence-corrected chi connectivity index (χ4v) is 4.62. The molecule has 3 rings (SSSR count). The van der Waals surface area contributed by atoms with Crippen molar-refractivity contribution in [2.75, 3.05) is 50.8 Å². The third kappa shape index (κ3) is 7.31. The summed E-state index contributed by atoms with van der Waals surface area (Å²) in [5.41, 5.74) is 0. The Morgan fingerprint density at radius 1 is 1.31 bits per heavy atom. The molecule has 3 heterocycles. The Kier molecular flexibility index (Phi) is 10.3. The quantitative estimate of drug-likeness (QED) is 0.185. The first-order valence-electron chi connectivity index (χ1n) is 12.0. The number of anilines is 1. The molecular formula is C24H33N7O4S. The van der Waals surface area contributed by atoms with Crippen molar-refractivity contribution >= 4 is 39.2 Å². The number of hydroxylamine groups is 1. The van der Waals surface area contributed by atoms with Gasteiger partial charge in [0.05, 0.1) is 25.1 Å². The van der Waals surface area contributed by atoms with Gasteiger partial charge in [-0.15, -0.1) is 17.9 Å². The highest BCUT2D eigenvalue weighted by molar-refractivity contribution is 7.18. The van der Waals surface area contributed by atoms with Gasteiger partial charge in [0.1, 0.15) is 10.6 Å². The minimum atomic E-state index is -1.15. The van der Waals surface area contributed by atoms with Gasteiger partial charge in [-0.1, -0.05) is 25.2 Å². The summed E-state index contributed by atoms with van der Waals surface area (Å²) in [7, 11) is 0. The molecule has 0 aromatic carbocycles. The molecule has 36 heavy (non-hydrogen) atoms. The van der Waals surface area contributed by atoms with Crippen molar-refractivity contribution in [3.8, 4) is 0 Å². The molecule has 0 radical (unpaired) electrons. The van der Waals surface area contributed by atoms with Crippen LogP contribution in [0.5, 0.6) is 0 Å². The number of hydrogen-bond donors (Lipinski definition) is 1. The molecule has 194 valence electrons. The smallest absolute Gasteiger partial charge is 0.374 e. The van der Waals surface area contributed by atoms with Gasteiger partial charge in [0.15, 0.2) is 0 Å². The normalized spacial score (nSPS) is 14.3. The maximum absolute atomic E-state index is 12.7. The number of aromatic carboxylic acids is 1. The number of nitrogens with zero attached hydrogens (tertiary/aromatic N) is 7. The second-order valence-electron chi connectivity index (χ2n) is 8.07. The van der Waals surface area contributed by atoms with Crippen LogP contribution in [0.2, 0.25) is 0 Å². The van der Waals surface area contributed by atoms with E-state index in [4.69, 9.17) is 4.84 Å². The fourth-order valence-electron chi connectivity index (χ4n) is 3.66. The SMILES string of the molecule is C=CCN=NN(C/C=C\C)OCCCC(=O)N1CCN(c2nc(C(=O)O)nc3sc(CC)cc23)CC1. The number of fused-ring (bicyclic) bond motifs is 1. The average molecular weight is 516 g/mol. The predicted molar refractivity (Wildman–Crippen MR) is 139 cm³/mol. The number of carbonyl (C=O) groups excluding carboxylic acids is 1. The third-order valence-corrected chi connectivity index (χ3v) is 6.71. The van der Waals surface area contributed by atoms with Crippen LogP contribution in [-0.4, -0.2) is 82.9 Å². The first kappa shape index (κ1) is 27.2. The number of allylic oxidation sites excluding steroid dienone is 1. The van der Waals surface area contributed by atoms with Crippen LogP contribution in [0, 0.1) is 0 Å². The van der Waals surface area contributed by atoms with E-state index in [-0.39, 0.29) is 11.7 Å². The Labute approximate surface area is 214 Å².